The van der Waals surface area contributed by atoms with E-state index in [9.17, 15) is 19.0 Å². The summed E-state index contributed by atoms with van der Waals surface area (Å²) in [5, 5.41) is 21.4. The van der Waals surface area contributed by atoms with Crippen LogP contribution in [-0.2, 0) is 10.8 Å². The standard InChI is InChI=1S/C28H36F2N2O2/c1-27(2,3)21-13-19(29)11-17(25(21)33)15-31-23-9-7-8-10-24(23)32-16-18-12-20(30)14-22(26(18)34)28(4,5)6/h11-16,23-24,33-34H,7-10H2,1-6H3/t23-,24-/m0/s1. The lowest BCUT2D eigenvalue weighted by molar-refractivity contribution is 0.389. The zero-order chi connectivity index (χ0) is 25.3. The molecule has 2 aromatic rings. The molecule has 3 rings (SSSR count). The van der Waals surface area contributed by atoms with Gasteiger partial charge in [0.2, 0.25) is 0 Å². The summed E-state index contributed by atoms with van der Waals surface area (Å²) in [5.41, 5.74) is 0.926. The summed E-state index contributed by atoms with van der Waals surface area (Å²) < 4.78 is 28.4. The van der Waals surface area contributed by atoms with Gasteiger partial charge in [0.25, 0.3) is 0 Å². The molecule has 1 aliphatic rings. The minimum Gasteiger partial charge on any atom is -0.507 e. The quantitative estimate of drug-likeness (QED) is 0.482. The Bertz CT molecular complexity index is 1010. The molecule has 0 aromatic heterocycles. The number of phenols is 2. The summed E-state index contributed by atoms with van der Waals surface area (Å²) in [7, 11) is 0. The molecule has 2 atom stereocenters. The van der Waals surface area contributed by atoms with Gasteiger partial charge in [-0.3, -0.25) is 9.98 Å². The second-order valence-corrected chi connectivity index (χ2v) is 11.3. The zero-order valence-corrected chi connectivity index (χ0v) is 21.0. The first-order chi connectivity index (χ1) is 15.8. The number of benzene rings is 2. The van der Waals surface area contributed by atoms with Crippen LogP contribution in [0.5, 0.6) is 11.5 Å². The zero-order valence-electron chi connectivity index (χ0n) is 21.0. The highest BCUT2D eigenvalue weighted by Crippen LogP contribution is 2.35. The number of halogens is 2. The molecule has 0 amide bonds. The molecule has 0 heterocycles. The summed E-state index contributed by atoms with van der Waals surface area (Å²) in [5.74, 6) is -0.766. The van der Waals surface area contributed by atoms with Crippen molar-refractivity contribution in [1.29, 1.82) is 0 Å². The lowest BCUT2D eigenvalue weighted by Gasteiger charge is -2.26. The van der Waals surface area contributed by atoms with Crippen LogP contribution in [0.15, 0.2) is 34.3 Å². The van der Waals surface area contributed by atoms with E-state index in [2.05, 4.69) is 9.98 Å². The van der Waals surface area contributed by atoms with Gasteiger partial charge in [-0.2, -0.15) is 0 Å². The maximum atomic E-state index is 14.2. The SMILES string of the molecule is CC(C)(C)c1cc(F)cc(C=N[C@H]2CCCC[C@@H]2N=Cc2cc(F)cc(C(C)(C)C)c2O)c1O. The third kappa shape index (κ3) is 6.02. The number of nitrogens with zero attached hydrogens (tertiary/aromatic N) is 2. The maximum Gasteiger partial charge on any atom is 0.128 e. The summed E-state index contributed by atoms with van der Waals surface area (Å²) >= 11 is 0. The summed E-state index contributed by atoms with van der Waals surface area (Å²) in [4.78, 5) is 9.33. The molecule has 0 unspecified atom stereocenters. The molecule has 184 valence electrons. The number of rotatable bonds is 4. The van der Waals surface area contributed by atoms with Crippen molar-refractivity contribution in [1.82, 2.24) is 0 Å². The van der Waals surface area contributed by atoms with Crippen LogP contribution in [0.2, 0.25) is 0 Å². The third-order valence-corrected chi connectivity index (χ3v) is 6.33. The van der Waals surface area contributed by atoms with Gasteiger partial charge in [-0.25, -0.2) is 8.78 Å². The van der Waals surface area contributed by atoms with Crippen LogP contribution in [0, 0.1) is 11.6 Å². The van der Waals surface area contributed by atoms with Crippen LogP contribution in [0.4, 0.5) is 8.78 Å². The van der Waals surface area contributed by atoms with E-state index in [1.807, 2.05) is 41.5 Å². The number of aliphatic imine (C=N–C) groups is 2. The van der Waals surface area contributed by atoms with Crippen LogP contribution in [0.3, 0.4) is 0 Å². The topological polar surface area (TPSA) is 65.2 Å². The highest BCUT2D eigenvalue weighted by molar-refractivity contribution is 5.85. The Morgan fingerprint density at radius 2 is 1.06 bits per heavy atom. The molecule has 2 aromatic carbocycles. The molecule has 1 aliphatic carbocycles. The number of aromatic hydroxyl groups is 2. The van der Waals surface area contributed by atoms with Crippen molar-refractivity contribution < 1.29 is 19.0 Å². The van der Waals surface area contributed by atoms with E-state index in [1.165, 1.54) is 36.7 Å². The molecule has 0 spiro atoms. The Labute approximate surface area is 201 Å². The average molecular weight is 471 g/mol. The van der Waals surface area contributed by atoms with Gasteiger partial charge in [0.15, 0.2) is 0 Å². The molecule has 6 heteroatoms. The van der Waals surface area contributed by atoms with Crippen molar-refractivity contribution in [3.05, 3.63) is 58.2 Å². The predicted octanol–water partition coefficient (Wildman–Crippen LogP) is 6.82. The Morgan fingerprint density at radius 3 is 1.38 bits per heavy atom. The van der Waals surface area contributed by atoms with Gasteiger partial charge >= 0.3 is 0 Å². The van der Waals surface area contributed by atoms with E-state index in [1.54, 1.807) is 0 Å². The number of hydrogen-bond acceptors (Lipinski definition) is 4. The van der Waals surface area contributed by atoms with Crippen LogP contribution < -0.4 is 0 Å². The van der Waals surface area contributed by atoms with E-state index in [0.29, 0.717) is 22.3 Å². The largest absolute Gasteiger partial charge is 0.507 e. The molecule has 4 nitrogen and oxygen atoms in total. The Balaban J connectivity index is 1.88. The molecule has 1 saturated carbocycles. The maximum absolute atomic E-state index is 14.2. The van der Waals surface area contributed by atoms with E-state index in [0.717, 1.165) is 25.7 Å². The van der Waals surface area contributed by atoms with E-state index < -0.39 is 22.5 Å². The number of phenolic OH excluding ortho intramolecular Hbond substituents is 2. The van der Waals surface area contributed by atoms with Crippen LogP contribution in [0.1, 0.15) is 89.5 Å². The van der Waals surface area contributed by atoms with Gasteiger partial charge in [0.1, 0.15) is 23.1 Å². The lowest BCUT2D eigenvalue weighted by atomic mass is 9.85. The molecule has 34 heavy (non-hydrogen) atoms. The van der Waals surface area contributed by atoms with Crippen molar-refractivity contribution in [2.24, 2.45) is 9.98 Å². The van der Waals surface area contributed by atoms with Gasteiger partial charge in [0.05, 0.1) is 12.1 Å². The molecular formula is C28H36F2N2O2. The van der Waals surface area contributed by atoms with Crippen LogP contribution >= 0.6 is 0 Å². The second-order valence-electron chi connectivity index (χ2n) is 11.3. The van der Waals surface area contributed by atoms with Crippen LogP contribution in [-0.4, -0.2) is 34.7 Å². The second kappa shape index (κ2) is 9.85. The Kier molecular flexibility index (Phi) is 7.49. The molecule has 0 radical (unpaired) electrons. The first-order valence-corrected chi connectivity index (χ1v) is 11.9. The van der Waals surface area contributed by atoms with Gasteiger partial charge in [-0.05, 0) is 47.9 Å². The first-order valence-electron chi connectivity index (χ1n) is 11.9. The highest BCUT2D eigenvalue weighted by atomic mass is 19.1. The minimum absolute atomic E-state index is 0.0351. The molecule has 0 bridgehead atoms. The fraction of sp³-hybridized carbons (Fsp3) is 0.500. The van der Waals surface area contributed by atoms with Gasteiger partial charge in [-0.15, -0.1) is 0 Å². The lowest BCUT2D eigenvalue weighted by Crippen LogP contribution is -2.27. The molecule has 0 aliphatic heterocycles. The van der Waals surface area contributed by atoms with Crippen molar-refractivity contribution in [2.45, 2.75) is 90.1 Å². The summed E-state index contributed by atoms with van der Waals surface area (Å²) in [6.07, 6.45) is 6.67. The third-order valence-electron chi connectivity index (χ3n) is 6.33. The normalized spacial score (nSPS) is 19.9. The Hall–Kier alpha value is -2.76. The predicted molar refractivity (Wildman–Crippen MR) is 135 cm³/mol. The summed E-state index contributed by atoms with van der Waals surface area (Å²) in [6.45, 7) is 11.5. The van der Waals surface area contributed by atoms with Crippen LogP contribution in [0.25, 0.3) is 0 Å². The van der Waals surface area contributed by atoms with Crippen molar-refractivity contribution in [3.8, 4) is 11.5 Å². The molecule has 1 fully saturated rings. The fourth-order valence-electron chi connectivity index (χ4n) is 4.37. The van der Waals surface area contributed by atoms with E-state index in [-0.39, 0.29) is 23.6 Å². The number of hydrogen-bond donors (Lipinski definition) is 2. The van der Waals surface area contributed by atoms with Crippen molar-refractivity contribution in [2.75, 3.05) is 0 Å². The average Bonchev–Trinajstić information content (AvgIpc) is 2.73. The molecule has 0 saturated heterocycles. The fourth-order valence-corrected chi connectivity index (χ4v) is 4.37. The summed E-state index contributed by atoms with van der Waals surface area (Å²) in [6, 6.07) is 4.99. The minimum atomic E-state index is -0.418. The van der Waals surface area contributed by atoms with Crippen molar-refractivity contribution >= 4 is 12.4 Å². The van der Waals surface area contributed by atoms with Gasteiger partial charge in [0, 0.05) is 34.7 Å². The van der Waals surface area contributed by atoms with E-state index >= 15 is 0 Å². The van der Waals surface area contributed by atoms with Crippen molar-refractivity contribution in [3.63, 3.8) is 0 Å². The Morgan fingerprint density at radius 1 is 0.706 bits per heavy atom. The monoisotopic (exact) mass is 470 g/mol. The van der Waals surface area contributed by atoms with E-state index in [4.69, 9.17) is 0 Å². The molecular weight excluding hydrogens is 434 g/mol. The molecule has 2 N–H and O–H groups in total. The van der Waals surface area contributed by atoms with Gasteiger partial charge < -0.3 is 10.2 Å². The smallest absolute Gasteiger partial charge is 0.128 e. The van der Waals surface area contributed by atoms with Gasteiger partial charge in [-0.1, -0.05) is 54.4 Å². The first kappa shape index (κ1) is 25.9. The highest BCUT2D eigenvalue weighted by Gasteiger charge is 2.26.